The van der Waals surface area contributed by atoms with Crippen LogP contribution in [0.25, 0.3) is 49.0 Å². The van der Waals surface area contributed by atoms with Gasteiger partial charge in [0.05, 0.1) is 27.3 Å². The number of hydrogen-bond acceptors (Lipinski definition) is 0. The van der Waals surface area contributed by atoms with E-state index in [1.54, 1.807) is 0 Å². The van der Waals surface area contributed by atoms with E-state index in [2.05, 4.69) is 92.4 Å². The summed E-state index contributed by atoms with van der Waals surface area (Å²) in [6.45, 7) is 9.18. The first-order valence-corrected chi connectivity index (χ1v) is 13.0. The van der Waals surface area contributed by atoms with Crippen LogP contribution < -0.4 is 4.57 Å². The molecule has 0 aliphatic heterocycles. The summed E-state index contributed by atoms with van der Waals surface area (Å²) in [7, 11) is 2.21. The van der Waals surface area contributed by atoms with Crippen LogP contribution in [0.5, 0.6) is 0 Å². The first-order chi connectivity index (χ1) is 16.4. The van der Waals surface area contributed by atoms with Gasteiger partial charge in [0, 0.05) is 16.8 Å². The molecule has 1 saturated carbocycles. The van der Waals surface area contributed by atoms with E-state index in [9.17, 15) is 0 Å². The van der Waals surface area contributed by atoms with Gasteiger partial charge in [-0.3, -0.25) is 0 Å². The minimum absolute atomic E-state index is 0.520. The van der Waals surface area contributed by atoms with Crippen LogP contribution in [0.1, 0.15) is 73.6 Å². The summed E-state index contributed by atoms with van der Waals surface area (Å²) >= 11 is 0. The average Bonchev–Trinajstić information content (AvgIpc) is 3.47. The predicted octanol–water partition coefficient (Wildman–Crippen LogP) is 8.21. The molecule has 0 atom stereocenters. The first kappa shape index (κ1) is 20.3. The molecule has 1 aliphatic rings. The van der Waals surface area contributed by atoms with Gasteiger partial charge in [0.1, 0.15) is 7.05 Å². The van der Waals surface area contributed by atoms with E-state index in [1.165, 1.54) is 96.9 Å². The van der Waals surface area contributed by atoms with Gasteiger partial charge < -0.3 is 4.40 Å². The molecule has 0 saturated heterocycles. The zero-order valence-corrected chi connectivity index (χ0v) is 21.0. The highest BCUT2D eigenvalue weighted by atomic mass is 15.0. The summed E-state index contributed by atoms with van der Waals surface area (Å²) in [5.74, 6) is 1.22. The summed E-state index contributed by atoms with van der Waals surface area (Å²) < 4.78 is 4.95. The molecule has 6 aromatic rings. The Balaban J connectivity index is 1.79. The highest BCUT2D eigenvalue weighted by Crippen LogP contribution is 2.44. The van der Waals surface area contributed by atoms with E-state index in [4.69, 9.17) is 0 Å². The van der Waals surface area contributed by atoms with Gasteiger partial charge in [-0.05, 0) is 90.4 Å². The molecule has 2 heteroatoms. The van der Waals surface area contributed by atoms with E-state index < -0.39 is 0 Å². The Morgan fingerprint density at radius 3 is 2.44 bits per heavy atom. The molecule has 170 valence electrons. The maximum atomic E-state index is 2.60. The molecule has 3 aromatic heterocycles. The number of hydrogen-bond donors (Lipinski definition) is 0. The molecular formula is C32H33N2+. The molecule has 34 heavy (non-hydrogen) atoms. The minimum atomic E-state index is 0.520. The van der Waals surface area contributed by atoms with Gasteiger partial charge in [-0.15, -0.1) is 0 Å². The van der Waals surface area contributed by atoms with Crippen LogP contribution >= 0.6 is 0 Å². The lowest BCUT2D eigenvalue weighted by Crippen LogP contribution is -2.29. The maximum Gasteiger partial charge on any atom is 0.224 e. The van der Waals surface area contributed by atoms with Crippen LogP contribution in [0, 0.1) is 13.8 Å². The molecule has 3 heterocycles. The fraction of sp³-hybridized carbons (Fsp3) is 0.344. The molecule has 7 rings (SSSR count). The van der Waals surface area contributed by atoms with Crippen molar-refractivity contribution in [1.82, 2.24) is 4.40 Å². The van der Waals surface area contributed by atoms with E-state index in [0.29, 0.717) is 11.8 Å². The molecule has 1 aliphatic carbocycles. The monoisotopic (exact) mass is 445 g/mol. The Kier molecular flexibility index (Phi) is 4.14. The van der Waals surface area contributed by atoms with Crippen LogP contribution in [-0.4, -0.2) is 4.40 Å². The fourth-order valence-corrected chi connectivity index (χ4v) is 6.80. The Hall–Kier alpha value is -3.13. The Bertz CT molecular complexity index is 1760. The van der Waals surface area contributed by atoms with Gasteiger partial charge in [0.15, 0.2) is 6.20 Å². The van der Waals surface area contributed by atoms with Crippen LogP contribution in [0.15, 0.2) is 48.7 Å². The number of aromatic nitrogens is 2. The highest BCUT2D eigenvalue weighted by Gasteiger charge is 2.26. The summed E-state index contributed by atoms with van der Waals surface area (Å²) in [5.41, 5.74) is 11.2. The predicted molar refractivity (Wildman–Crippen MR) is 145 cm³/mol. The lowest BCUT2D eigenvalue weighted by molar-refractivity contribution is -0.643. The summed E-state index contributed by atoms with van der Waals surface area (Å²) in [6.07, 6.45) is 7.65. The molecule has 2 nitrogen and oxygen atoms in total. The van der Waals surface area contributed by atoms with Gasteiger partial charge in [-0.25, -0.2) is 4.57 Å². The van der Waals surface area contributed by atoms with E-state index >= 15 is 0 Å². The van der Waals surface area contributed by atoms with Crippen molar-refractivity contribution in [3.05, 3.63) is 70.9 Å². The van der Waals surface area contributed by atoms with Gasteiger partial charge in [-0.2, -0.15) is 0 Å². The van der Waals surface area contributed by atoms with E-state index in [-0.39, 0.29) is 0 Å². The molecule has 0 amide bonds. The van der Waals surface area contributed by atoms with Crippen molar-refractivity contribution in [1.29, 1.82) is 0 Å². The second-order valence-electron chi connectivity index (χ2n) is 11.1. The molecule has 0 bridgehead atoms. The fourth-order valence-electron chi connectivity index (χ4n) is 6.80. The Labute approximate surface area is 201 Å². The number of benzene rings is 3. The zero-order valence-electron chi connectivity index (χ0n) is 21.0. The number of nitrogens with zero attached hydrogens (tertiary/aromatic N) is 2. The summed E-state index contributed by atoms with van der Waals surface area (Å²) in [4.78, 5) is 0. The summed E-state index contributed by atoms with van der Waals surface area (Å²) in [6, 6.07) is 17.0. The lowest BCUT2D eigenvalue weighted by Gasteiger charge is -2.17. The third-order valence-corrected chi connectivity index (χ3v) is 8.80. The van der Waals surface area contributed by atoms with Crippen molar-refractivity contribution in [2.75, 3.05) is 0 Å². The molecule has 0 radical (unpaired) electrons. The molecule has 0 unspecified atom stereocenters. The SMILES string of the molecule is Cc1cc2c3cc(C(C)C)ccc3n3c4cc(C5CCCC5)cc5cc[n+](C)c(c(c1C)c23)c54. The van der Waals surface area contributed by atoms with Crippen LogP contribution in [-0.2, 0) is 7.05 Å². The normalized spacial score (nSPS) is 15.5. The van der Waals surface area contributed by atoms with Crippen molar-refractivity contribution in [3.63, 3.8) is 0 Å². The number of aryl methyl sites for hydroxylation is 3. The van der Waals surface area contributed by atoms with E-state index in [1.807, 2.05) is 0 Å². The second kappa shape index (κ2) is 6.95. The lowest BCUT2D eigenvalue weighted by atomic mass is 9.92. The van der Waals surface area contributed by atoms with Crippen LogP contribution in [0.3, 0.4) is 0 Å². The summed E-state index contributed by atoms with van der Waals surface area (Å²) in [5, 5.41) is 6.98. The topological polar surface area (TPSA) is 8.29 Å². The van der Waals surface area contributed by atoms with Crippen LogP contribution in [0.4, 0.5) is 0 Å². The molecular weight excluding hydrogens is 412 g/mol. The minimum Gasteiger partial charge on any atom is -0.307 e. The number of fused-ring (bicyclic) bond motifs is 5. The highest BCUT2D eigenvalue weighted by molar-refractivity contribution is 6.26. The van der Waals surface area contributed by atoms with Gasteiger partial charge in [-0.1, -0.05) is 38.8 Å². The van der Waals surface area contributed by atoms with Gasteiger partial charge >= 0.3 is 0 Å². The first-order valence-electron chi connectivity index (χ1n) is 13.0. The Morgan fingerprint density at radius 2 is 1.68 bits per heavy atom. The van der Waals surface area contributed by atoms with Gasteiger partial charge in [0.2, 0.25) is 5.52 Å². The smallest absolute Gasteiger partial charge is 0.224 e. The van der Waals surface area contributed by atoms with Crippen molar-refractivity contribution < 1.29 is 4.57 Å². The van der Waals surface area contributed by atoms with Crippen molar-refractivity contribution in [2.24, 2.45) is 7.05 Å². The Morgan fingerprint density at radius 1 is 0.882 bits per heavy atom. The number of rotatable bonds is 2. The maximum absolute atomic E-state index is 2.60. The van der Waals surface area contributed by atoms with E-state index in [0.717, 1.165) is 0 Å². The third kappa shape index (κ3) is 2.54. The van der Waals surface area contributed by atoms with Crippen molar-refractivity contribution in [2.45, 2.75) is 65.2 Å². The zero-order chi connectivity index (χ0) is 23.3. The average molecular weight is 446 g/mol. The molecule has 1 fully saturated rings. The van der Waals surface area contributed by atoms with Gasteiger partial charge in [0.25, 0.3) is 0 Å². The standard InChI is InChI=1S/C32H33N2/c1-18(2)22-10-11-27-25(16-22)26-14-19(3)20(4)29-31(26)34(27)28-17-24(21-8-6-7-9-21)15-23-12-13-33(5)32(29)30(23)28/h10-18,21H,6-9H2,1-5H3/q+1. The van der Waals surface area contributed by atoms with Crippen molar-refractivity contribution in [3.8, 4) is 0 Å². The number of pyridine rings is 2. The quantitative estimate of drug-likeness (QED) is 0.144. The largest absolute Gasteiger partial charge is 0.307 e. The molecule has 0 N–H and O–H groups in total. The second-order valence-corrected chi connectivity index (χ2v) is 11.1. The van der Waals surface area contributed by atoms with Crippen LogP contribution in [0.2, 0.25) is 0 Å². The molecule has 3 aromatic carbocycles. The third-order valence-electron chi connectivity index (χ3n) is 8.80. The van der Waals surface area contributed by atoms with Crippen molar-refractivity contribution >= 4 is 49.0 Å². The molecule has 0 spiro atoms.